The van der Waals surface area contributed by atoms with E-state index >= 15 is 0 Å². The number of rotatable bonds is 1. The average molecular weight is 359 g/mol. The number of ether oxygens (including phenoxy) is 1. The highest BCUT2D eigenvalue weighted by Crippen LogP contribution is 2.35. The lowest BCUT2D eigenvalue weighted by Gasteiger charge is -2.26. The van der Waals surface area contributed by atoms with Gasteiger partial charge in [-0.2, -0.15) is 0 Å². The van der Waals surface area contributed by atoms with Gasteiger partial charge in [0.1, 0.15) is 5.60 Å². The maximum atomic E-state index is 12.3. The van der Waals surface area contributed by atoms with Gasteiger partial charge in [0.15, 0.2) is 5.58 Å². The predicted molar refractivity (Wildman–Crippen MR) is 98.5 cm³/mol. The number of hydrogen-bond acceptors (Lipinski definition) is 5. The van der Waals surface area contributed by atoms with Crippen LogP contribution < -0.4 is 10.7 Å². The van der Waals surface area contributed by atoms with Gasteiger partial charge in [-0.15, -0.1) is 0 Å². The van der Waals surface area contributed by atoms with Crippen molar-refractivity contribution >= 4 is 22.9 Å². The van der Waals surface area contributed by atoms with Crippen LogP contribution in [-0.2, 0) is 11.8 Å². The summed E-state index contributed by atoms with van der Waals surface area (Å²) in [7, 11) is 1.71. The van der Waals surface area contributed by atoms with E-state index in [0.717, 1.165) is 37.4 Å². The summed E-state index contributed by atoms with van der Waals surface area (Å²) in [6, 6.07) is 5.89. The molecule has 2 aromatic rings. The third kappa shape index (κ3) is 2.95. The van der Waals surface area contributed by atoms with Crippen molar-refractivity contribution in [2.24, 2.45) is 18.9 Å². The molecule has 2 atom stereocenters. The van der Waals surface area contributed by atoms with Gasteiger partial charge < -0.3 is 19.0 Å². The number of oxazole rings is 1. The summed E-state index contributed by atoms with van der Waals surface area (Å²) >= 11 is 0. The van der Waals surface area contributed by atoms with E-state index in [2.05, 4.69) is 4.90 Å². The zero-order valence-electron chi connectivity index (χ0n) is 15.7. The van der Waals surface area contributed by atoms with Crippen LogP contribution in [0.25, 0.3) is 11.1 Å². The van der Waals surface area contributed by atoms with Gasteiger partial charge >= 0.3 is 11.8 Å². The molecule has 1 aromatic carbocycles. The second-order valence-corrected chi connectivity index (χ2v) is 8.39. The Hall–Kier alpha value is -2.44. The summed E-state index contributed by atoms with van der Waals surface area (Å²) in [4.78, 5) is 28.1. The molecule has 2 saturated heterocycles. The van der Waals surface area contributed by atoms with Gasteiger partial charge in [-0.3, -0.25) is 4.57 Å². The van der Waals surface area contributed by atoms with Crippen LogP contribution in [-0.4, -0.2) is 47.3 Å². The Balaban J connectivity index is 1.45. The Morgan fingerprint density at radius 1 is 1.15 bits per heavy atom. The fourth-order valence-corrected chi connectivity index (χ4v) is 4.00. The molecule has 0 N–H and O–H groups in total. The quantitative estimate of drug-likeness (QED) is 0.782. The normalized spacial score (nSPS) is 22.9. The molecule has 7 nitrogen and oxygen atoms in total. The molecule has 2 aliphatic rings. The minimum atomic E-state index is -0.462. The van der Waals surface area contributed by atoms with E-state index in [9.17, 15) is 9.59 Å². The highest BCUT2D eigenvalue weighted by Gasteiger charge is 2.42. The zero-order valence-corrected chi connectivity index (χ0v) is 15.7. The summed E-state index contributed by atoms with van der Waals surface area (Å²) in [5, 5.41) is 0. The van der Waals surface area contributed by atoms with E-state index in [1.807, 2.05) is 43.9 Å². The molecule has 0 spiro atoms. The second kappa shape index (κ2) is 5.79. The fourth-order valence-electron chi connectivity index (χ4n) is 4.00. The fraction of sp³-hybridized carbons (Fsp3) is 0.579. The van der Waals surface area contributed by atoms with Gasteiger partial charge in [0, 0.05) is 56.8 Å². The lowest BCUT2D eigenvalue weighted by Crippen LogP contribution is -2.37. The highest BCUT2D eigenvalue weighted by molar-refractivity contribution is 5.78. The van der Waals surface area contributed by atoms with Crippen LogP contribution in [0, 0.1) is 11.8 Å². The second-order valence-electron chi connectivity index (χ2n) is 8.39. The molecule has 2 aliphatic heterocycles. The number of anilines is 1. The lowest BCUT2D eigenvalue weighted by molar-refractivity contribution is 0.0282. The Morgan fingerprint density at radius 3 is 2.42 bits per heavy atom. The van der Waals surface area contributed by atoms with Crippen LogP contribution in [0.2, 0.25) is 0 Å². The first kappa shape index (κ1) is 17.0. The molecule has 0 bridgehead atoms. The number of hydrogen-bond donors (Lipinski definition) is 0. The average Bonchev–Trinajstić information content (AvgIpc) is 3.18. The molecule has 140 valence electrons. The predicted octanol–water partition coefficient (Wildman–Crippen LogP) is 2.43. The number of likely N-dealkylation sites (tertiary alicyclic amines) is 1. The van der Waals surface area contributed by atoms with Gasteiger partial charge in [-0.05, 0) is 32.9 Å². The van der Waals surface area contributed by atoms with Crippen molar-refractivity contribution in [3.05, 3.63) is 28.7 Å². The minimum absolute atomic E-state index is 0.217. The monoisotopic (exact) mass is 359 g/mol. The van der Waals surface area contributed by atoms with Gasteiger partial charge in [0.25, 0.3) is 0 Å². The smallest absolute Gasteiger partial charge is 0.419 e. The molecule has 7 heteroatoms. The molecule has 4 rings (SSSR count). The summed E-state index contributed by atoms with van der Waals surface area (Å²) in [5.74, 6) is 0.547. The number of benzene rings is 1. The molecule has 1 aromatic heterocycles. The molecule has 0 saturated carbocycles. The van der Waals surface area contributed by atoms with E-state index in [-0.39, 0.29) is 11.8 Å². The van der Waals surface area contributed by atoms with E-state index < -0.39 is 5.60 Å². The minimum Gasteiger partial charge on any atom is -0.444 e. The van der Waals surface area contributed by atoms with Crippen LogP contribution in [0.15, 0.2) is 27.4 Å². The number of carbonyl (C=O) groups excluding carboxylic acids is 1. The Kier molecular flexibility index (Phi) is 3.78. The van der Waals surface area contributed by atoms with Crippen molar-refractivity contribution in [2.45, 2.75) is 26.4 Å². The largest absolute Gasteiger partial charge is 0.444 e. The number of aromatic nitrogens is 1. The third-order valence-electron chi connectivity index (χ3n) is 5.28. The van der Waals surface area contributed by atoms with E-state index in [0.29, 0.717) is 17.4 Å². The van der Waals surface area contributed by atoms with Crippen molar-refractivity contribution in [3.63, 3.8) is 0 Å². The molecule has 3 heterocycles. The van der Waals surface area contributed by atoms with Gasteiger partial charge in [-0.25, -0.2) is 9.59 Å². The molecular formula is C19H25N3O4. The van der Waals surface area contributed by atoms with Crippen LogP contribution in [0.3, 0.4) is 0 Å². The van der Waals surface area contributed by atoms with Gasteiger partial charge in [0.05, 0.1) is 5.52 Å². The van der Waals surface area contributed by atoms with E-state index in [4.69, 9.17) is 9.15 Å². The summed E-state index contributed by atoms with van der Waals surface area (Å²) in [6.07, 6.45) is -0.217. The number of fused-ring (bicyclic) bond motifs is 2. The van der Waals surface area contributed by atoms with E-state index in [1.165, 1.54) is 4.57 Å². The maximum Gasteiger partial charge on any atom is 0.419 e. The lowest BCUT2D eigenvalue weighted by atomic mass is 10.0. The van der Waals surface area contributed by atoms with Crippen molar-refractivity contribution < 1.29 is 13.9 Å². The van der Waals surface area contributed by atoms with Crippen molar-refractivity contribution in [1.82, 2.24) is 9.47 Å². The van der Waals surface area contributed by atoms with Crippen LogP contribution in [0.1, 0.15) is 20.8 Å². The van der Waals surface area contributed by atoms with Crippen LogP contribution in [0.5, 0.6) is 0 Å². The number of nitrogens with zero attached hydrogens (tertiary/aromatic N) is 3. The summed E-state index contributed by atoms with van der Waals surface area (Å²) in [5.41, 5.74) is 2.01. The molecule has 0 aliphatic carbocycles. The van der Waals surface area contributed by atoms with Gasteiger partial charge in [0.2, 0.25) is 0 Å². The van der Waals surface area contributed by atoms with Crippen molar-refractivity contribution in [2.75, 3.05) is 31.1 Å². The summed E-state index contributed by atoms with van der Waals surface area (Å²) in [6.45, 7) is 8.93. The van der Waals surface area contributed by atoms with Crippen molar-refractivity contribution in [3.8, 4) is 0 Å². The van der Waals surface area contributed by atoms with Crippen LogP contribution >= 0.6 is 0 Å². The number of carbonyl (C=O) groups is 1. The Labute approximate surface area is 152 Å². The Bertz CT molecular complexity index is 894. The first-order chi connectivity index (χ1) is 12.2. The van der Waals surface area contributed by atoms with E-state index in [1.54, 1.807) is 7.05 Å². The standard InChI is InChI=1S/C19H25N3O4/c1-19(2,3)26-18(24)22-10-12-8-21(9-13(12)11-22)14-5-6-15-16(7-14)25-17(23)20(15)4/h5-7,12-13H,8-11H2,1-4H3/t12-,13+. The van der Waals surface area contributed by atoms with Crippen molar-refractivity contribution in [1.29, 1.82) is 0 Å². The third-order valence-corrected chi connectivity index (χ3v) is 5.28. The molecule has 0 radical (unpaired) electrons. The molecule has 0 unspecified atom stereocenters. The zero-order chi connectivity index (χ0) is 18.6. The Morgan fingerprint density at radius 2 is 1.81 bits per heavy atom. The maximum absolute atomic E-state index is 12.3. The van der Waals surface area contributed by atoms with Gasteiger partial charge in [-0.1, -0.05) is 0 Å². The topological polar surface area (TPSA) is 67.9 Å². The first-order valence-corrected chi connectivity index (χ1v) is 9.04. The number of amides is 1. The molecule has 1 amide bonds. The number of aryl methyl sites for hydroxylation is 1. The molecular weight excluding hydrogens is 334 g/mol. The molecule has 26 heavy (non-hydrogen) atoms. The SMILES string of the molecule is Cn1c(=O)oc2cc(N3C[C@H]4CN(C(=O)OC(C)(C)C)C[C@H]4C3)ccc21. The summed E-state index contributed by atoms with van der Waals surface area (Å²) < 4.78 is 12.3. The molecule has 2 fully saturated rings. The van der Waals surface area contributed by atoms with Crippen LogP contribution in [0.4, 0.5) is 10.5 Å². The highest BCUT2D eigenvalue weighted by atomic mass is 16.6. The first-order valence-electron chi connectivity index (χ1n) is 9.04.